The zero-order valence-electron chi connectivity index (χ0n) is 10.5. The van der Waals surface area contributed by atoms with Gasteiger partial charge in [-0.1, -0.05) is 67.6 Å². The van der Waals surface area contributed by atoms with Crippen LogP contribution in [0.3, 0.4) is 0 Å². The average Bonchev–Trinajstić information content (AvgIpc) is 2.39. The lowest BCUT2D eigenvalue weighted by molar-refractivity contribution is 0.530. The zero-order chi connectivity index (χ0) is 11.9. The number of aryl methyl sites for hydroxylation is 1. The maximum Gasteiger partial charge on any atom is -0.0253 e. The molecule has 0 saturated carbocycles. The van der Waals surface area contributed by atoms with E-state index in [4.69, 9.17) is 0 Å². The Bertz CT molecular complexity index is 416. The van der Waals surface area contributed by atoms with E-state index in [9.17, 15) is 0 Å². The Labute approximate surface area is 104 Å². The molecular weight excluding hydrogens is 204 g/mol. The standard InChI is InChI=1S/C17H20/c1-15(14-17-10-6-3-7-11-17)12-13-16-8-4-2-5-9-16/h2-11,15H,12-14H2,1H3. The molecule has 0 saturated heterocycles. The van der Waals surface area contributed by atoms with Gasteiger partial charge in [0.15, 0.2) is 0 Å². The van der Waals surface area contributed by atoms with E-state index in [2.05, 4.69) is 67.6 Å². The highest BCUT2D eigenvalue weighted by Crippen LogP contribution is 2.14. The average molecular weight is 224 g/mol. The van der Waals surface area contributed by atoms with E-state index in [0.29, 0.717) is 0 Å². The van der Waals surface area contributed by atoms with Crippen molar-refractivity contribution in [2.45, 2.75) is 26.2 Å². The third-order valence-electron chi connectivity index (χ3n) is 3.20. The van der Waals surface area contributed by atoms with E-state index < -0.39 is 0 Å². The van der Waals surface area contributed by atoms with E-state index >= 15 is 0 Å². The van der Waals surface area contributed by atoms with E-state index in [0.717, 1.165) is 5.92 Å². The predicted octanol–water partition coefficient (Wildman–Crippen LogP) is 4.50. The molecule has 0 nitrogen and oxygen atoms in total. The SMILES string of the molecule is CC(CCc1ccccc1)Cc1ccccc1. The van der Waals surface area contributed by atoms with Crippen molar-refractivity contribution in [2.24, 2.45) is 5.92 Å². The summed E-state index contributed by atoms with van der Waals surface area (Å²) < 4.78 is 0. The van der Waals surface area contributed by atoms with Gasteiger partial charge in [-0.25, -0.2) is 0 Å². The first-order chi connectivity index (χ1) is 8.34. The highest BCUT2D eigenvalue weighted by molar-refractivity contribution is 5.16. The smallest absolute Gasteiger partial charge is 0.0253 e. The molecule has 0 fully saturated rings. The van der Waals surface area contributed by atoms with Gasteiger partial charge in [-0.05, 0) is 36.3 Å². The van der Waals surface area contributed by atoms with Gasteiger partial charge in [0.25, 0.3) is 0 Å². The van der Waals surface area contributed by atoms with Crippen LogP contribution >= 0.6 is 0 Å². The topological polar surface area (TPSA) is 0 Å². The van der Waals surface area contributed by atoms with Crippen molar-refractivity contribution >= 4 is 0 Å². The van der Waals surface area contributed by atoms with Crippen LogP contribution in [0, 0.1) is 5.92 Å². The zero-order valence-corrected chi connectivity index (χ0v) is 10.5. The van der Waals surface area contributed by atoms with Gasteiger partial charge < -0.3 is 0 Å². The van der Waals surface area contributed by atoms with Crippen molar-refractivity contribution in [3.8, 4) is 0 Å². The summed E-state index contributed by atoms with van der Waals surface area (Å²) in [6.07, 6.45) is 3.64. The van der Waals surface area contributed by atoms with Gasteiger partial charge in [0.05, 0.1) is 0 Å². The first-order valence-corrected chi connectivity index (χ1v) is 6.42. The fourth-order valence-corrected chi connectivity index (χ4v) is 2.18. The van der Waals surface area contributed by atoms with Crippen LogP contribution in [0.5, 0.6) is 0 Å². The molecular formula is C17H20. The van der Waals surface area contributed by atoms with Crippen LogP contribution in [0.2, 0.25) is 0 Å². The lowest BCUT2D eigenvalue weighted by Crippen LogP contribution is -2.01. The molecule has 0 radical (unpaired) electrons. The normalized spacial score (nSPS) is 12.3. The number of hydrogen-bond donors (Lipinski definition) is 0. The summed E-state index contributed by atoms with van der Waals surface area (Å²) in [5.74, 6) is 0.748. The van der Waals surface area contributed by atoms with Gasteiger partial charge >= 0.3 is 0 Å². The first-order valence-electron chi connectivity index (χ1n) is 6.42. The minimum atomic E-state index is 0.748. The summed E-state index contributed by atoms with van der Waals surface area (Å²) in [4.78, 5) is 0. The van der Waals surface area contributed by atoms with E-state index in [1.807, 2.05) is 0 Å². The second kappa shape index (κ2) is 6.24. The summed E-state index contributed by atoms with van der Waals surface area (Å²) in [7, 11) is 0. The van der Waals surface area contributed by atoms with Crippen LogP contribution in [-0.4, -0.2) is 0 Å². The molecule has 0 bridgehead atoms. The fourth-order valence-electron chi connectivity index (χ4n) is 2.18. The molecule has 0 heterocycles. The molecule has 0 spiro atoms. The molecule has 0 aliphatic carbocycles. The van der Waals surface area contributed by atoms with E-state index in [-0.39, 0.29) is 0 Å². The summed E-state index contributed by atoms with van der Waals surface area (Å²) in [6.45, 7) is 2.34. The predicted molar refractivity (Wildman–Crippen MR) is 74.1 cm³/mol. The molecule has 0 N–H and O–H groups in total. The van der Waals surface area contributed by atoms with Crippen LogP contribution < -0.4 is 0 Å². The third-order valence-corrected chi connectivity index (χ3v) is 3.20. The Morgan fingerprint density at radius 2 is 1.29 bits per heavy atom. The minimum Gasteiger partial charge on any atom is -0.0622 e. The van der Waals surface area contributed by atoms with Crippen molar-refractivity contribution in [3.63, 3.8) is 0 Å². The molecule has 2 rings (SSSR count). The van der Waals surface area contributed by atoms with Gasteiger partial charge in [-0.15, -0.1) is 0 Å². The van der Waals surface area contributed by atoms with E-state index in [1.165, 1.54) is 30.4 Å². The van der Waals surface area contributed by atoms with Crippen molar-refractivity contribution in [2.75, 3.05) is 0 Å². The van der Waals surface area contributed by atoms with Gasteiger partial charge in [0.2, 0.25) is 0 Å². The molecule has 1 atom stereocenters. The molecule has 0 aromatic heterocycles. The second-order valence-electron chi connectivity index (χ2n) is 4.82. The molecule has 0 heteroatoms. The first kappa shape index (κ1) is 11.9. The van der Waals surface area contributed by atoms with Gasteiger partial charge in [0, 0.05) is 0 Å². The van der Waals surface area contributed by atoms with Crippen molar-refractivity contribution in [3.05, 3.63) is 71.8 Å². The molecule has 1 unspecified atom stereocenters. The van der Waals surface area contributed by atoms with Crippen molar-refractivity contribution in [1.82, 2.24) is 0 Å². The van der Waals surface area contributed by atoms with Crippen LogP contribution in [-0.2, 0) is 12.8 Å². The molecule has 17 heavy (non-hydrogen) atoms. The van der Waals surface area contributed by atoms with Crippen LogP contribution in [0.4, 0.5) is 0 Å². The summed E-state index contributed by atoms with van der Waals surface area (Å²) in [5.41, 5.74) is 2.90. The fraction of sp³-hybridized carbons (Fsp3) is 0.294. The monoisotopic (exact) mass is 224 g/mol. The summed E-state index contributed by atoms with van der Waals surface area (Å²) in [6, 6.07) is 21.5. The van der Waals surface area contributed by atoms with Gasteiger partial charge in [0.1, 0.15) is 0 Å². The maximum absolute atomic E-state index is 2.34. The molecule has 0 aliphatic rings. The molecule has 0 amide bonds. The maximum atomic E-state index is 2.34. The Hall–Kier alpha value is -1.56. The Morgan fingerprint density at radius 3 is 1.88 bits per heavy atom. The Balaban J connectivity index is 1.80. The van der Waals surface area contributed by atoms with Crippen LogP contribution in [0.25, 0.3) is 0 Å². The molecule has 2 aromatic rings. The number of benzene rings is 2. The third kappa shape index (κ3) is 4.07. The molecule has 2 aromatic carbocycles. The highest BCUT2D eigenvalue weighted by Gasteiger charge is 2.03. The summed E-state index contributed by atoms with van der Waals surface area (Å²) >= 11 is 0. The minimum absolute atomic E-state index is 0.748. The number of rotatable bonds is 5. The Morgan fingerprint density at radius 1 is 0.765 bits per heavy atom. The lowest BCUT2D eigenvalue weighted by Gasteiger charge is -2.11. The number of hydrogen-bond acceptors (Lipinski definition) is 0. The Kier molecular flexibility index (Phi) is 4.37. The second-order valence-corrected chi connectivity index (χ2v) is 4.82. The highest BCUT2D eigenvalue weighted by atomic mass is 14.1. The van der Waals surface area contributed by atoms with E-state index in [1.54, 1.807) is 0 Å². The quantitative estimate of drug-likeness (QED) is 0.701. The van der Waals surface area contributed by atoms with Crippen LogP contribution in [0.1, 0.15) is 24.5 Å². The summed E-state index contributed by atoms with van der Waals surface area (Å²) in [5, 5.41) is 0. The van der Waals surface area contributed by atoms with Crippen molar-refractivity contribution in [1.29, 1.82) is 0 Å². The van der Waals surface area contributed by atoms with Crippen molar-refractivity contribution < 1.29 is 0 Å². The molecule has 88 valence electrons. The van der Waals surface area contributed by atoms with Gasteiger partial charge in [-0.2, -0.15) is 0 Å². The van der Waals surface area contributed by atoms with Crippen LogP contribution in [0.15, 0.2) is 60.7 Å². The van der Waals surface area contributed by atoms with Gasteiger partial charge in [-0.3, -0.25) is 0 Å². The largest absolute Gasteiger partial charge is 0.0622 e. The molecule has 0 aliphatic heterocycles. The lowest BCUT2D eigenvalue weighted by atomic mass is 9.95.